The monoisotopic (exact) mass is 227 g/mol. The third kappa shape index (κ3) is 3.74. The molecule has 2 N–H and O–H groups in total. The van der Waals surface area contributed by atoms with Gasteiger partial charge in [-0.1, -0.05) is 20.8 Å². The molecule has 0 bridgehead atoms. The van der Waals surface area contributed by atoms with Gasteiger partial charge in [0.05, 0.1) is 0 Å². The number of rotatable bonds is 4. The number of hydrogen-bond acceptors (Lipinski definition) is 2. The van der Waals surface area contributed by atoms with Gasteiger partial charge in [-0.25, -0.2) is 0 Å². The molecule has 1 unspecified atom stereocenters. The van der Waals surface area contributed by atoms with E-state index >= 15 is 0 Å². The minimum atomic E-state index is 0.310. The van der Waals surface area contributed by atoms with Crippen LogP contribution in [0.1, 0.15) is 52.9 Å². The van der Waals surface area contributed by atoms with Gasteiger partial charge in [0.2, 0.25) is 0 Å². The normalized spacial score (nSPS) is 29.1. The molecular formula is C14H29NO. The molecule has 0 aromatic heterocycles. The Hall–Kier alpha value is -0.0800. The van der Waals surface area contributed by atoms with Gasteiger partial charge in [0.15, 0.2) is 0 Å². The van der Waals surface area contributed by atoms with Gasteiger partial charge in [-0.05, 0) is 56.4 Å². The summed E-state index contributed by atoms with van der Waals surface area (Å²) in [6, 6.07) is 0.519. The first kappa shape index (κ1) is 14.0. The van der Waals surface area contributed by atoms with E-state index in [1.54, 1.807) is 0 Å². The standard InChI is InChI=1S/C14H29NO/c1-14(2,3)12-7-5-11(6-8-12)13(15-4)9-10-16/h11-13,15-16H,5-10H2,1-4H3. The van der Waals surface area contributed by atoms with Crippen molar-refractivity contribution < 1.29 is 5.11 Å². The Labute approximate surface area is 101 Å². The second kappa shape index (κ2) is 6.02. The Bertz CT molecular complexity index is 189. The molecule has 2 nitrogen and oxygen atoms in total. The summed E-state index contributed by atoms with van der Waals surface area (Å²) < 4.78 is 0. The molecule has 0 aromatic carbocycles. The largest absolute Gasteiger partial charge is 0.396 e. The van der Waals surface area contributed by atoms with Crippen LogP contribution in [0.2, 0.25) is 0 Å². The van der Waals surface area contributed by atoms with Gasteiger partial charge in [-0.15, -0.1) is 0 Å². The van der Waals surface area contributed by atoms with Gasteiger partial charge in [-0.2, -0.15) is 0 Å². The summed E-state index contributed by atoms with van der Waals surface area (Å²) in [6.07, 6.45) is 6.28. The van der Waals surface area contributed by atoms with Crippen LogP contribution in [-0.4, -0.2) is 24.8 Å². The van der Waals surface area contributed by atoms with Crippen molar-refractivity contribution in [2.24, 2.45) is 17.3 Å². The summed E-state index contributed by atoms with van der Waals surface area (Å²) in [5.74, 6) is 1.66. The minimum absolute atomic E-state index is 0.310. The summed E-state index contributed by atoms with van der Waals surface area (Å²) in [5.41, 5.74) is 0.469. The van der Waals surface area contributed by atoms with Crippen molar-refractivity contribution in [3.8, 4) is 0 Å². The lowest BCUT2D eigenvalue weighted by Crippen LogP contribution is -2.38. The average molecular weight is 227 g/mol. The van der Waals surface area contributed by atoms with Crippen LogP contribution in [0.15, 0.2) is 0 Å². The fourth-order valence-electron chi connectivity index (χ4n) is 3.14. The predicted octanol–water partition coefficient (Wildman–Crippen LogP) is 2.81. The van der Waals surface area contributed by atoms with Gasteiger partial charge in [-0.3, -0.25) is 0 Å². The Morgan fingerprint density at radius 3 is 2.12 bits per heavy atom. The highest BCUT2D eigenvalue weighted by atomic mass is 16.3. The van der Waals surface area contributed by atoms with Crippen molar-refractivity contribution >= 4 is 0 Å². The molecule has 1 rings (SSSR count). The maximum absolute atomic E-state index is 9.04. The van der Waals surface area contributed by atoms with Crippen LogP contribution >= 0.6 is 0 Å². The molecule has 0 spiro atoms. The van der Waals surface area contributed by atoms with E-state index in [4.69, 9.17) is 5.11 Å². The van der Waals surface area contributed by atoms with Gasteiger partial charge in [0.25, 0.3) is 0 Å². The quantitative estimate of drug-likeness (QED) is 0.774. The molecule has 0 aromatic rings. The molecule has 0 radical (unpaired) electrons. The second-order valence-corrected chi connectivity index (χ2v) is 6.39. The van der Waals surface area contributed by atoms with E-state index in [2.05, 4.69) is 26.1 Å². The van der Waals surface area contributed by atoms with Crippen molar-refractivity contribution in [1.82, 2.24) is 5.32 Å². The predicted molar refractivity (Wildman–Crippen MR) is 69.5 cm³/mol. The second-order valence-electron chi connectivity index (χ2n) is 6.39. The topological polar surface area (TPSA) is 32.3 Å². The van der Waals surface area contributed by atoms with E-state index in [0.717, 1.165) is 18.3 Å². The van der Waals surface area contributed by atoms with Crippen molar-refractivity contribution in [3.05, 3.63) is 0 Å². The van der Waals surface area contributed by atoms with E-state index in [0.29, 0.717) is 18.1 Å². The Morgan fingerprint density at radius 2 is 1.75 bits per heavy atom. The molecule has 96 valence electrons. The molecule has 0 amide bonds. The molecule has 0 heterocycles. The fraction of sp³-hybridized carbons (Fsp3) is 1.00. The van der Waals surface area contributed by atoms with Crippen LogP contribution in [0.25, 0.3) is 0 Å². The molecular weight excluding hydrogens is 198 g/mol. The number of hydrogen-bond donors (Lipinski definition) is 2. The maximum Gasteiger partial charge on any atom is 0.0445 e. The number of aliphatic hydroxyl groups is 1. The van der Waals surface area contributed by atoms with Gasteiger partial charge in [0.1, 0.15) is 0 Å². The Balaban J connectivity index is 2.41. The zero-order valence-electron chi connectivity index (χ0n) is 11.4. The van der Waals surface area contributed by atoms with Gasteiger partial charge >= 0.3 is 0 Å². The highest BCUT2D eigenvalue weighted by Crippen LogP contribution is 2.40. The molecule has 16 heavy (non-hydrogen) atoms. The summed E-state index contributed by atoms with van der Waals surface area (Å²) in [7, 11) is 2.02. The number of nitrogens with one attached hydrogen (secondary N) is 1. The smallest absolute Gasteiger partial charge is 0.0445 e. The molecule has 2 heteroatoms. The van der Waals surface area contributed by atoms with Crippen LogP contribution in [0.5, 0.6) is 0 Å². The summed E-state index contributed by atoms with van der Waals surface area (Å²) in [6.45, 7) is 7.40. The van der Waals surface area contributed by atoms with Crippen LogP contribution in [0, 0.1) is 17.3 Å². The fourth-order valence-corrected chi connectivity index (χ4v) is 3.14. The first-order chi connectivity index (χ1) is 7.49. The Morgan fingerprint density at radius 1 is 1.19 bits per heavy atom. The molecule has 0 saturated heterocycles. The molecule has 0 aliphatic heterocycles. The maximum atomic E-state index is 9.04. The summed E-state index contributed by atoms with van der Waals surface area (Å²) in [4.78, 5) is 0. The first-order valence-electron chi connectivity index (χ1n) is 6.77. The van der Waals surface area contributed by atoms with E-state index in [-0.39, 0.29) is 0 Å². The van der Waals surface area contributed by atoms with Crippen LogP contribution in [0.3, 0.4) is 0 Å². The summed E-state index contributed by atoms with van der Waals surface area (Å²) >= 11 is 0. The molecule has 1 saturated carbocycles. The highest BCUT2D eigenvalue weighted by Gasteiger charge is 2.32. The van der Waals surface area contributed by atoms with Gasteiger partial charge in [0, 0.05) is 12.6 Å². The van der Waals surface area contributed by atoms with Crippen molar-refractivity contribution in [3.63, 3.8) is 0 Å². The Kier molecular flexibility index (Phi) is 5.26. The van der Waals surface area contributed by atoms with Crippen molar-refractivity contribution in [2.75, 3.05) is 13.7 Å². The zero-order chi connectivity index (χ0) is 12.2. The van der Waals surface area contributed by atoms with Crippen LogP contribution in [0.4, 0.5) is 0 Å². The molecule has 1 aliphatic carbocycles. The number of aliphatic hydroxyl groups excluding tert-OH is 1. The first-order valence-corrected chi connectivity index (χ1v) is 6.77. The van der Waals surface area contributed by atoms with E-state index < -0.39 is 0 Å². The van der Waals surface area contributed by atoms with E-state index in [1.807, 2.05) is 7.05 Å². The minimum Gasteiger partial charge on any atom is -0.396 e. The van der Waals surface area contributed by atoms with E-state index in [1.165, 1.54) is 25.7 Å². The third-order valence-electron chi connectivity index (χ3n) is 4.38. The molecule has 1 fully saturated rings. The van der Waals surface area contributed by atoms with Crippen molar-refractivity contribution in [2.45, 2.75) is 58.9 Å². The lowest BCUT2D eigenvalue weighted by molar-refractivity contribution is 0.125. The third-order valence-corrected chi connectivity index (χ3v) is 4.38. The molecule has 1 atom stereocenters. The van der Waals surface area contributed by atoms with Crippen LogP contribution < -0.4 is 5.32 Å². The van der Waals surface area contributed by atoms with Gasteiger partial charge < -0.3 is 10.4 Å². The average Bonchev–Trinajstić information content (AvgIpc) is 2.25. The lowest BCUT2D eigenvalue weighted by atomic mass is 9.68. The molecule has 1 aliphatic rings. The summed E-state index contributed by atoms with van der Waals surface area (Å²) in [5, 5.41) is 12.4. The van der Waals surface area contributed by atoms with E-state index in [9.17, 15) is 0 Å². The zero-order valence-corrected chi connectivity index (χ0v) is 11.4. The SMILES string of the molecule is CNC(CCO)C1CCC(C(C)(C)C)CC1. The van der Waals surface area contributed by atoms with Crippen molar-refractivity contribution in [1.29, 1.82) is 0 Å². The lowest BCUT2D eigenvalue weighted by Gasteiger charge is -2.39. The highest BCUT2D eigenvalue weighted by molar-refractivity contribution is 4.85. The van der Waals surface area contributed by atoms with Crippen LogP contribution in [-0.2, 0) is 0 Å².